The number of amidine groups is 1. The van der Waals surface area contributed by atoms with Gasteiger partial charge in [-0.05, 0) is 52.8 Å². The predicted octanol–water partition coefficient (Wildman–Crippen LogP) is 2.53. The van der Waals surface area contributed by atoms with Crippen molar-refractivity contribution in [3.8, 4) is 0 Å². The minimum absolute atomic E-state index is 0.0270. The van der Waals surface area contributed by atoms with Crippen LogP contribution in [0.2, 0.25) is 0 Å². The lowest BCUT2D eigenvalue weighted by atomic mass is 10.1. The normalized spacial score (nSPS) is 11.7. The monoisotopic (exact) mass is 389 g/mol. The van der Waals surface area contributed by atoms with Crippen molar-refractivity contribution in [1.82, 2.24) is 4.90 Å². The van der Waals surface area contributed by atoms with E-state index >= 15 is 0 Å². The molecule has 0 aliphatic heterocycles. The summed E-state index contributed by atoms with van der Waals surface area (Å²) >= 11 is 2.20. The smallest absolute Gasteiger partial charge is 0.253 e. The fourth-order valence-electron chi connectivity index (χ4n) is 1.79. The van der Waals surface area contributed by atoms with E-state index in [0.29, 0.717) is 31.0 Å². The van der Waals surface area contributed by atoms with Crippen LogP contribution in [0.1, 0.15) is 30.6 Å². The highest BCUT2D eigenvalue weighted by Crippen LogP contribution is 2.11. The molecule has 0 aromatic heterocycles. The van der Waals surface area contributed by atoms with E-state index in [1.807, 2.05) is 24.3 Å². The van der Waals surface area contributed by atoms with E-state index in [-0.39, 0.29) is 11.7 Å². The Balaban J connectivity index is 2.80. The summed E-state index contributed by atoms with van der Waals surface area (Å²) < 4.78 is 1.09. The number of hydrogen-bond donors (Lipinski definition) is 2. The Morgan fingerprint density at radius 3 is 2.50 bits per heavy atom. The number of oxime groups is 1. The van der Waals surface area contributed by atoms with Crippen LogP contribution in [0, 0.1) is 9.49 Å². The van der Waals surface area contributed by atoms with E-state index in [2.05, 4.69) is 41.6 Å². The van der Waals surface area contributed by atoms with Gasteiger partial charge >= 0.3 is 0 Å². The molecule has 0 saturated heterocycles. The van der Waals surface area contributed by atoms with Gasteiger partial charge in [0, 0.05) is 28.6 Å². The fourth-order valence-corrected chi connectivity index (χ4v) is 2.15. The van der Waals surface area contributed by atoms with Crippen molar-refractivity contribution in [2.75, 3.05) is 13.1 Å². The molecule has 0 spiro atoms. The van der Waals surface area contributed by atoms with Crippen molar-refractivity contribution < 1.29 is 10.0 Å². The molecule has 0 atom stereocenters. The van der Waals surface area contributed by atoms with Crippen LogP contribution in [-0.4, -0.2) is 34.9 Å². The molecule has 110 valence electrons. The first-order chi connectivity index (χ1) is 9.43. The number of amides is 1. The summed E-state index contributed by atoms with van der Waals surface area (Å²) in [5.41, 5.74) is 6.13. The number of benzene rings is 1. The number of carbonyl (C=O) groups excluding carboxylic acids is 1. The van der Waals surface area contributed by atoms with Gasteiger partial charge < -0.3 is 15.8 Å². The molecule has 0 saturated carbocycles. The summed E-state index contributed by atoms with van der Waals surface area (Å²) in [6.45, 7) is 5.19. The van der Waals surface area contributed by atoms with Gasteiger partial charge in [0.1, 0.15) is 5.84 Å². The van der Waals surface area contributed by atoms with Crippen LogP contribution in [0.25, 0.3) is 0 Å². The molecular weight excluding hydrogens is 369 g/mol. The second-order valence-electron chi connectivity index (χ2n) is 4.99. The molecule has 0 aliphatic rings. The Morgan fingerprint density at radius 2 is 2.00 bits per heavy atom. The SMILES string of the molecule is CC(C)CN(CCC(N)=NO)C(=O)c1ccc(I)cc1. The first-order valence-electron chi connectivity index (χ1n) is 6.45. The maximum Gasteiger partial charge on any atom is 0.253 e. The topological polar surface area (TPSA) is 78.9 Å². The van der Waals surface area contributed by atoms with Crippen molar-refractivity contribution in [2.24, 2.45) is 16.8 Å². The lowest BCUT2D eigenvalue weighted by Crippen LogP contribution is -2.36. The minimum atomic E-state index is -0.0270. The van der Waals surface area contributed by atoms with Gasteiger partial charge in [-0.25, -0.2) is 0 Å². The molecule has 0 heterocycles. The van der Waals surface area contributed by atoms with E-state index in [0.717, 1.165) is 3.57 Å². The van der Waals surface area contributed by atoms with E-state index in [1.54, 1.807) is 4.90 Å². The zero-order valence-electron chi connectivity index (χ0n) is 11.7. The van der Waals surface area contributed by atoms with E-state index < -0.39 is 0 Å². The molecule has 3 N–H and O–H groups in total. The van der Waals surface area contributed by atoms with Gasteiger partial charge in [-0.2, -0.15) is 0 Å². The van der Waals surface area contributed by atoms with Crippen LogP contribution in [0.5, 0.6) is 0 Å². The van der Waals surface area contributed by atoms with E-state index in [9.17, 15) is 4.79 Å². The number of carbonyl (C=O) groups is 1. The largest absolute Gasteiger partial charge is 0.409 e. The van der Waals surface area contributed by atoms with Crippen LogP contribution >= 0.6 is 22.6 Å². The van der Waals surface area contributed by atoms with Crippen LogP contribution in [-0.2, 0) is 0 Å². The second kappa shape index (κ2) is 8.08. The van der Waals surface area contributed by atoms with E-state index in [4.69, 9.17) is 10.9 Å². The molecular formula is C14H20IN3O2. The number of nitrogens with zero attached hydrogens (tertiary/aromatic N) is 2. The molecule has 1 aromatic rings. The maximum atomic E-state index is 12.5. The lowest BCUT2D eigenvalue weighted by Gasteiger charge is -2.24. The summed E-state index contributed by atoms with van der Waals surface area (Å²) in [6.07, 6.45) is 0.360. The lowest BCUT2D eigenvalue weighted by molar-refractivity contribution is 0.0740. The number of rotatable bonds is 6. The Hall–Kier alpha value is -1.31. The Bertz CT molecular complexity index is 472. The first kappa shape index (κ1) is 16.7. The van der Waals surface area contributed by atoms with E-state index in [1.165, 1.54) is 0 Å². The van der Waals surface area contributed by atoms with Gasteiger partial charge in [-0.1, -0.05) is 19.0 Å². The van der Waals surface area contributed by atoms with Gasteiger partial charge in [0.2, 0.25) is 0 Å². The molecule has 0 radical (unpaired) electrons. The van der Waals surface area contributed by atoms with Crippen LogP contribution in [0.3, 0.4) is 0 Å². The quantitative estimate of drug-likeness (QED) is 0.258. The third-order valence-corrected chi connectivity index (χ3v) is 3.45. The highest BCUT2D eigenvalue weighted by Gasteiger charge is 2.17. The standard InChI is InChI=1S/C14H20IN3O2/c1-10(2)9-18(8-7-13(16)17-20)14(19)11-3-5-12(15)6-4-11/h3-6,10,20H,7-9H2,1-2H3,(H2,16,17). The Labute approximate surface area is 133 Å². The minimum Gasteiger partial charge on any atom is -0.409 e. The molecule has 1 rings (SSSR count). The van der Waals surface area contributed by atoms with Gasteiger partial charge in [-0.15, -0.1) is 0 Å². The molecule has 0 unspecified atom stereocenters. The first-order valence-corrected chi connectivity index (χ1v) is 7.53. The zero-order chi connectivity index (χ0) is 15.1. The third-order valence-electron chi connectivity index (χ3n) is 2.73. The molecule has 0 fully saturated rings. The molecule has 5 nitrogen and oxygen atoms in total. The molecule has 0 bridgehead atoms. The number of nitrogens with two attached hydrogens (primary N) is 1. The maximum absolute atomic E-state index is 12.5. The summed E-state index contributed by atoms with van der Waals surface area (Å²) in [5, 5.41) is 11.5. The summed E-state index contributed by atoms with van der Waals surface area (Å²) in [6, 6.07) is 7.46. The molecule has 0 aliphatic carbocycles. The Kier molecular flexibility index (Phi) is 6.77. The van der Waals surface area contributed by atoms with Crippen molar-refractivity contribution in [1.29, 1.82) is 0 Å². The second-order valence-corrected chi connectivity index (χ2v) is 6.24. The van der Waals surface area contributed by atoms with Crippen LogP contribution in [0.4, 0.5) is 0 Å². The highest BCUT2D eigenvalue weighted by atomic mass is 127. The van der Waals surface area contributed by atoms with Gasteiger partial charge in [0.15, 0.2) is 0 Å². The molecule has 20 heavy (non-hydrogen) atoms. The average molecular weight is 389 g/mol. The van der Waals surface area contributed by atoms with Crippen molar-refractivity contribution in [3.63, 3.8) is 0 Å². The highest BCUT2D eigenvalue weighted by molar-refractivity contribution is 14.1. The van der Waals surface area contributed by atoms with Crippen LogP contribution < -0.4 is 5.73 Å². The van der Waals surface area contributed by atoms with Gasteiger partial charge in [-0.3, -0.25) is 4.79 Å². The molecule has 6 heteroatoms. The molecule has 1 amide bonds. The molecule has 1 aromatic carbocycles. The predicted molar refractivity (Wildman–Crippen MR) is 87.9 cm³/mol. The van der Waals surface area contributed by atoms with Gasteiger partial charge in [0.25, 0.3) is 5.91 Å². The average Bonchev–Trinajstić information content (AvgIpc) is 2.42. The Morgan fingerprint density at radius 1 is 1.40 bits per heavy atom. The summed E-state index contributed by atoms with van der Waals surface area (Å²) in [5.74, 6) is 0.463. The van der Waals surface area contributed by atoms with Crippen LogP contribution in [0.15, 0.2) is 29.4 Å². The zero-order valence-corrected chi connectivity index (χ0v) is 13.9. The van der Waals surface area contributed by atoms with Gasteiger partial charge in [0.05, 0.1) is 0 Å². The summed E-state index contributed by atoms with van der Waals surface area (Å²) in [7, 11) is 0. The van der Waals surface area contributed by atoms with Crippen molar-refractivity contribution >= 4 is 34.3 Å². The number of hydrogen-bond acceptors (Lipinski definition) is 3. The van der Waals surface area contributed by atoms with Crippen molar-refractivity contribution in [2.45, 2.75) is 20.3 Å². The number of halogens is 1. The fraction of sp³-hybridized carbons (Fsp3) is 0.429. The summed E-state index contributed by atoms with van der Waals surface area (Å²) in [4.78, 5) is 14.2. The van der Waals surface area contributed by atoms with Crippen molar-refractivity contribution in [3.05, 3.63) is 33.4 Å². The third kappa shape index (κ3) is 5.36.